The van der Waals surface area contributed by atoms with Gasteiger partial charge in [-0.1, -0.05) is 51.4 Å². The van der Waals surface area contributed by atoms with Gasteiger partial charge in [-0.2, -0.15) is 0 Å². The molecule has 2 unspecified atom stereocenters. The van der Waals surface area contributed by atoms with Crippen molar-refractivity contribution in [2.45, 2.75) is 102 Å². The van der Waals surface area contributed by atoms with Crippen LogP contribution in [0.15, 0.2) is 36.4 Å². The average Bonchev–Trinajstić information content (AvgIpc) is 3.64. The summed E-state index contributed by atoms with van der Waals surface area (Å²) >= 11 is 0. The Morgan fingerprint density at radius 1 is 0.625 bits per heavy atom. The smallest absolute Gasteiger partial charge is 0.394 e. The second kappa shape index (κ2) is 16.4. The van der Waals surface area contributed by atoms with E-state index in [0.29, 0.717) is 24.3 Å². The summed E-state index contributed by atoms with van der Waals surface area (Å²) < 4.78 is 22.7. The average molecular weight is 807 g/mol. The van der Waals surface area contributed by atoms with Crippen molar-refractivity contribution in [2.24, 2.45) is 0 Å². The first kappa shape index (κ1) is 40.9. The van der Waals surface area contributed by atoms with Gasteiger partial charge in [-0.3, -0.25) is 38.6 Å². The Kier molecular flexibility index (Phi) is 12.0. The number of piperidine rings is 2. The number of hydrogen-bond acceptors (Lipinski definition) is 11. The third-order valence-corrected chi connectivity index (χ3v) is 13.9. The molecule has 2 saturated heterocycles. The van der Waals surface area contributed by atoms with Crippen molar-refractivity contribution in [3.05, 3.63) is 58.7 Å². The fourth-order valence-electron chi connectivity index (χ4n) is 7.11. The molecule has 4 heterocycles. The standard InChI is InChI=1S/C39H50N4O11Si2/c1-55(2,3)19-17-51-23-42-33(44)15-13-29(37(42)48)40-21-27-25(35(40)46)9-7-11-31(27)53-39(50)54-32-12-8-10-26-28(32)22-41(36(26)47)30-14-16-34(45)43(38(30)49)24-52-18-20-56(4,5)6/h7-12,29-30H,13-24H2,1-6H3. The predicted octanol–water partition coefficient (Wildman–Crippen LogP) is 4.84. The Balaban J connectivity index is 1.09. The zero-order valence-electron chi connectivity index (χ0n) is 32.9. The van der Waals surface area contributed by atoms with Crippen LogP contribution in [0.4, 0.5) is 4.79 Å². The fourth-order valence-corrected chi connectivity index (χ4v) is 8.62. The van der Waals surface area contributed by atoms with Crippen molar-refractivity contribution >= 4 is 57.7 Å². The van der Waals surface area contributed by atoms with E-state index in [1.54, 1.807) is 24.3 Å². The van der Waals surface area contributed by atoms with Crippen LogP contribution in [-0.2, 0) is 41.7 Å². The number of fused-ring (bicyclic) bond motifs is 2. The molecule has 0 saturated carbocycles. The Bertz CT molecular complexity index is 1810. The molecule has 0 radical (unpaired) electrons. The van der Waals surface area contributed by atoms with Gasteiger partial charge in [-0.05, 0) is 49.2 Å². The van der Waals surface area contributed by atoms with Gasteiger partial charge in [-0.25, -0.2) is 4.79 Å². The summed E-state index contributed by atoms with van der Waals surface area (Å²) in [4.78, 5) is 97.8. The quantitative estimate of drug-likeness (QED) is 0.0843. The third-order valence-electron chi connectivity index (χ3n) is 10.4. The third kappa shape index (κ3) is 8.95. The summed E-state index contributed by atoms with van der Waals surface area (Å²) in [6.07, 6.45) is -0.662. The van der Waals surface area contributed by atoms with Crippen molar-refractivity contribution in [2.75, 3.05) is 26.7 Å². The highest BCUT2D eigenvalue weighted by Crippen LogP contribution is 2.37. The van der Waals surface area contributed by atoms with Crippen molar-refractivity contribution in [3.8, 4) is 11.5 Å². The maximum atomic E-state index is 13.6. The minimum Gasteiger partial charge on any atom is -0.394 e. The number of nitrogens with zero attached hydrogens (tertiary/aromatic N) is 4. The Morgan fingerprint density at radius 2 is 1.02 bits per heavy atom. The molecule has 300 valence electrons. The number of carbonyl (C=O) groups is 7. The molecule has 2 atom stereocenters. The van der Waals surface area contributed by atoms with Gasteiger partial charge in [0.2, 0.25) is 11.8 Å². The number of carbonyl (C=O) groups excluding carboxylic acids is 7. The molecule has 6 rings (SSSR count). The van der Waals surface area contributed by atoms with Gasteiger partial charge in [0.05, 0.1) is 13.1 Å². The molecule has 0 N–H and O–H groups in total. The number of rotatable bonds is 14. The number of likely N-dealkylation sites (tertiary alicyclic amines) is 2. The van der Waals surface area contributed by atoms with Crippen LogP contribution < -0.4 is 9.47 Å². The van der Waals surface area contributed by atoms with Gasteiger partial charge in [0.15, 0.2) is 0 Å². The lowest BCUT2D eigenvalue weighted by Crippen LogP contribution is -2.55. The van der Waals surface area contributed by atoms with E-state index in [1.807, 2.05) is 0 Å². The zero-order valence-corrected chi connectivity index (χ0v) is 34.9. The van der Waals surface area contributed by atoms with Crippen LogP contribution in [0.25, 0.3) is 0 Å². The molecule has 6 amide bonds. The largest absolute Gasteiger partial charge is 0.519 e. The lowest BCUT2D eigenvalue weighted by molar-refractivity contribution is -0.160. The predicted molar refractivity (Wildman–Crippen MR) is 207 cm³/mol. The zero-order chi connectivity index (χ0) is 40.5. The number of imide groups is 2. The number of amides is 6. The van der Waals surface area contributed by atoms with E-state index >= 15 is 0 Å². The van der Waals surface area contributed by atoms with Gasteiger partial charge >= 0.3 is 6.16 Å². The highest BCUT2D eigenvalue weighted by Gasteiger charge is 2.45. The fraction of sp³-hybridized carbons (Fsp3) is 0.513. The second-order valence-electron chi connectivity index (χ2n) is 17.0. The van der Waals surface area contributed by atoms with Crippen LogP contribution in [-0.4, -0.2) is 116 Å². The molecule has 0 spiro atoms. The number of hydrogen-bond donors (Lipinski definition) is 0. The lowest BCUT2D eigenvalue weighted by atomic mass is 10.0. The van der Waals surface area contributed by atoms with Gasteiger partial charge < -0.3 is 28.7 Å². The SMILES string of the molecule is C[Si](C)(C)CCOCN1C(=O)CCC(N2Cc3c(OC(=O)Oc4cccc5c4CN(C4CCC(=O)N(COCC[Si](C)(C)C)C4=O)C5=O)cccc3C2=O)C1=O. The van der Waals surface area contributed by atoms with Gasteiger partial charge in [0, 0.05) is 64.5 Å². The summed E-state index contributed by atoms with van der Waals surface area (Å²) in [5, 5.41) is 0. The minimum atomic E-state index is -1.38. The summed E-state index contributed by atoms with van der Waals surface area (Å²) in [7, 11) is -2.76. The maximum absolute atomic E-state index is 13.6. The molecule has 0 aromatic heterocycles. The van der Waals surface area contributed by atoms with E-state index in [9.17, 15) is 33.6 Å². The molecule has 4 aliphatic rings. The topological polar surface area (TPSA) is 169 Å². The molecule has 56 heavy (non-hydrogen) atoms. The first-order valence-corrected chi connectivity index (χ1v) is 26.4. The molecule has 2 fully saturated rings. The van der Waals surface area contributed by atoms with Crippen molar-refractivity contribution in [1.82, 2.24) is 19.6 Å². The van der Waals surface area contributed by atoms with Crippen LogP contribution in [0.1, 0.15) is 57.5 Å². The maximum Gasteiger partial charge on any atom is 0.519 e. The van der Waals surface area contributed by atoms with E-state index in [1.165, 1.54) is 21.9 Å². The minimum absolute atomic E-state index is 0.0327. The van der Waals surface area contributed by atoms with Crippen molar-refractivity contribution in [1.29, 1.82) is 0 Å². The summed E-state index contributed by atoms with van der Waals surface area (Å²) in [5.74, 6) is -2.48. The van der Waals surface area contributed by atoms with E-state index < -0.39 is 58.0 Å². The first-order chi connectivity index (χ1) is 26.4. The molecule has 4 aliphatic heterocycles. The van der Waals surface area contributed by atoms with Gasteiger partial charge in [-0.15, -0.1) is 0 Å². The summed E-state index contributed by atoms with van der Waals surface area (Å²) in [5.41, 5.74) is 1.28. The molecular weight excluding hydrogens is 757 g/mol. The Hall–Kier alpha value is -4.72. The molecular formula is C39H50N4O11Si2. The molecule has 15 nitrogen and oxygen atoms in total. The van der Waals surface area contributed by atoms with E-state index in [0.717, 1.165) is 21.9 Å². The Morgan fingerprint density at radius 3 is 1.39 bits per heavy atom. The van der Waals surface area contributed by atoms with E-state index in [-0.39, 0.29) is 86.7 Å². The summed E-state index contributed by atoms with van der Waals surface area (Å²) in [6, 6.07) is 9.24. The van der Waals surface area contributed by atoms with Crippen LogP contribution in [0.5, 0.6) is 11.5 Å². The number of ether oxygens (including phenoxy) is 4. The lowest BCUT2D eigenvalue weighted by Gasteiger charge is -2.35. The van der Waals surface area contributed by atoms with Crippen molar-refractivity contribution < 1.29 is 52.5 Å². The molecule has 2 aromatic carbocycles. The molecule has 2 aromatic rings. The van der Waals surface area contributed by atoms with E-state index in [2.05, 4.69) is 39.3 Å². The highest BCUT2D eigenvalue weighted by atomic mass is 28.3. The summed E-state index contributed by atoms with van der Waals surface area (Å²) in [6.45, 7) is 13.7. The van der Waals surface area contributed by atoms with Gasteiger partial charge in [0.25, 0.3) is 23.6 Å². The normalized spacial score (nSPS) is 20.2. The van der Waals surface area contributed by atoms with Crippen LogP contribution in [0.2, 0.25) is 51.4 Å². The van der Waals surface area contributed by atoms with Gasteiger partial charge in [0.1, 0.15) is 37.0 Å². The van der Waals surface area contributed by atoms with Crippen LogP contribution in [0.3, 0.4) is 0 Å². The second-order valence-corrected chi connectivity index (χ2v) is 28.3. The van der Waals surface area contributed by atoms with Crippen molar-refractivity contribution in [3.63, 3.8) is 0 Å². The first-order valence-electron chi connectivity index (χ1n) is 19.0. The monoisotopic (exact) mass is 806 g/mol. The highest BCUT2D eigenvalue weighted by molar-refractivity contribution is 6.76. The Labute approximate surface area is 328 Å². The van der Waals surface area contributed by atoms with E-state index in [4.69, 9.17) is 18.9 Å². The number of benzene rings is 2. The molecule has 0 bridgehead atoms. The van der Waals surface area contributed by atoms with Crippen LogP contribution >= 0.6 is 0 Å². The molecule has 17 heteroatoms. The van der Waals surface area contributed by atoms with Crippen LogP contribution in [0, 0.1) is 0 Å². The molecule has 0 aliphatic carbocycles.